The molecule has 0 aromatic carbocycles. The number of carbonyl (C=O) groups is 1. The molecule has 0 spiro atoms. The van der Waals surface area contributed by atoms with Crippen molar-refractivity contribution in [2.75, 3.05) is 19.6 Å². The maximum atomic E-state index is 12.8. The van der Waals surface area contributed by atoms with E-state index in [4.69, 9.17) is 5.11 Å². The fourth-order valence-electron chi connectivity index (χ4n) is 3.44. The molecule has 1 aliphatic heterocycles. The second-order valence-corrected chi connectivity index (χ2v) is 6.45. The molecule has 1 heterocycles. The van der Waals surface area contributed by atoms with Gasteiger partial charge in [0.2, 0.25) is 0 Å². The van der Waals surface area contributed by atoms with Gasteiger partial charge >= 0.3 is 12.1 Å². The molecule has 1 unspecified atom stereocenters. The lowest BCUT2D eigenvalue weighted by Gasteiger charge is -2.41. The van der Waals surface area contributed by atoms with Crippen LogP contribution in [0, 0.1) is 11.8 Å². The number of rotatable bonds is 3. The predicted molar refractivity (Wildman–Crippen MR) is 69.8 cm³/mol. The first-order valence-electron chi connectivity index (χ1n) is 7.44. The van der Waals surface area contributed by atoms with Gasteiger partial charge in [0.25, 0.3) is 0 Å². The van der Waals surface area contributed by atoms with Gasteiger partial charge in [0.15, 0.2) is 0 Å². The van der Waals surface area contributed by atoms with E-state index in [0.717, 1.165) is 0 Å². The number of hydrogen-bond acceptors (Lipinski definition) is 3. The summed E-state index contributed by atoms with van der Waals surface area (Å²) in [7, 11) is 0. The highest BCUT2D eigenvalue weighted by Gasteiger charge is 2.44. The summed E-state index contributed by atoms with van der Waals surface area (Å²) >= 11 is 0. The van der Waals surface area contributed by atoms with E-state index >= 15 is 0 Å². The molecule has 7 heteroatoms. The topological polar surface area (TPSA) is 60.8 Å². The Kier molecular flexibility index (Phi) is 4.82. The fraction of sp³-hybridized carbons (Fsp3) is 0.929. The lowest BCUT2D eigenvalue weighted by atomic mass is 9.78. The molecule has 0 aromatic rings. The lowest BCUT2D eigenvalue weighted by molar-refractivity contribution is -0.189. The number of hydrogen-bond donors (Lipinski definition) is 2. The first-order valence-corrected chi connectivity index (χ1v) is 7.44. The highest BCUT2D eigenvalue weighted by molar-refractivity contribution is 5.70. The first kappa shape index (κ1) is 16.5. The second kappa shape index (κ2) is 6.12. The molecule has 122 valence electrons. The van der Waals surface area contributed by atoms with Gasteiger partial charge in [-0.15, -0.1) is 0 Å². The molecular weight excluding hydrogens is 287 g/mol. The Bertz CT molecular complexity index is 378. The Morgan fingerprint density at radius 1 is 1.24 bits per heavy atom. The Balaban J connectivity index is 1.88. The number of piperidine rings is 1. The molecule has 1 atom stereocenters. The van der Waals surface area contributed by atoms with Crippen molar-refractivity contribution in [2.24, 2.45) is 11.8 Å². The van der Waals surface area contributed by atoms with Crippen LogP contribution in [0.1, 0.15) is 38.5 Å². The largest absolute Gasteiger partial charge is 0.481 e. The number of carboxylic acids is 1. The van der Waals surface area contributed by atoms with Crippen LogP contribution in [0.5, 0.6) is 0 Å². The molecular formula is C14H22F3NO3. The van der Waals surface area contributed by atoms with E-state index in [9.17, 15) is 23.1 Å². The van der Waals surface area contributed by atoms with Crippen molar-refractivity contribution in [2.45, 2.75) is 50.3 Å². The summed E-state index contributed by atoms with van der Waals surface area (Å²) in [5, 5.41) is 19.4. The standard InChI is InChI=1S/C14H22F3NO3/c15-14(16,17)11-2-1-7-18(8-11)9-13(21)5-3-10(4-6-13)12(19)20/h10-11,21H,1-9H2,(H,19,20). The molecule has 2 fully saturated rings. The van der Waals surface area contributed by atoms with Crippen molar-refractivity contribution in [1.29, 1.82) is 0 Å². The number of nitrogens with zero attached hydrogens (tertiary/aromatic N) is 1. The third-order valence-electron chi connectivity index (χ3n) is 4.75. The zero-order valence-electron chi connectivity index (χ0n) is 11.9. The van der Waals surface area contributed by atoms with Crippen molar-refractivity contribution >= 4 is 5.97 Å². The number of carboxylic acid groups (broad SMARTS) is 1. The zero-order valence-corrected chi connectivity index (χ0v) is 11.9. The Hall–Kier alpha value is -0.820. The van der Waals surface area contributed by atoms with Crippen LogP contribution in [-0.4, -0.2) is 52.5 Å². The molecule has 21 heavy (non-hydrogen) atoms. The monoisotopic (exact) mass is 309 g/mol. The van der Waals surface area contributed by atoms with Crippen LogP contribution in [-0.2, 0) is 4.79 Å². The molecule has 0 amide bonds. The van der Waals surface area contributed by atoms with Crippen LogP contribution in [0.2, 0.25) is 0 Å². The average molecular weight is 309 g/mol. The number of halogens is 3. The van der Waals surface area contributed by atoms with Gasteiger partial charge in [0, 0.05) is 13.1 Å². The molecule has 0 bridgehead atoms. The van der Waals surface area contributed by atoms with Crippen LogP contribution in [0.25, 0.3) is 0 Å². The summed E-state index contributed by atoms with van der Waals surface area (Å²) in [6, 6.07) is 0. The van der Waals surface area contributed by atoms with Crippen LogP contribution in [0.3, 0.4) is 0 Å². The van der Waals surface area contributed by atoms with E-state index in [1.807, 2.05) is 0 Å². The Morgan fingerprint density at radius 3 is 2.38 bits per heavy atom. The van der Waals surface area contributed by atoms with Gasteiger partial charge < -0.3 is 10.2 Å². The van der Waals surface area contributed by atoms with Crippen molar-refractivity contribution < 1.29 is 28.2 Å². The smallest absolute Gasteiger partial charge is 0.393 e. The normalized spacial score (nSPS) is 35.6. The van der Waals surface area contributed by atoms with E-state index in [0.29, 0.717) is 38.6 Å². The lowest BCUT2D eigenvalue weighted by Crippen LogP contribution is -2.50. The van der Waals surface area contributed by atoms with Gasteiger partial charge in [0.1, 0.15) is 0 Å². The van der Waals surface area contributed by atoms with Crippen molar-refractivity contribution in [3.05, 3.63) is 0 Å². The van der Waals surface area contributed by atoms with E-state index in [1.165, 1.54) is 0 Å². The van der Waals surface area contributed by atoms with Gasteiger partial charge in [-0.05, 0) is 45.1 Å². The highest BCUT2D eigenvalue weighted by Crippen LogP contribution is 2.36. The number of likely N-dealkylation sites (tertiary alicyclic amines) is 1. The van der Waals surface area contributed by atoms with E-state index < -0.39 is 29.6 Å². The molecule has 1 saturated carbocycles. The minimum atomic E-state index is -4.18. The van der Waals surface area contributed by atoms with Crippen LogP contribution < -0.4 is 0 Å². The van der Waals surface area contributed by atoms with E-state index in [2.05, 4.69) is 0 Å². The quantitative estimate of drug-likeness (QED) is 0.839. The fourth-order valence-corrected chi connectivity index (χ4v) is 3.44. The van der Waals surface area contributed by atoms with Gasteiger partial charge in [0.05, 0.1) is 17.4 Å². The molecule has 1 saturated heterocycles. The molecule has 4 nitrogen and oxygen atoms in total. The predicted octanol–water partition coefficient (Wildman–Crippen LogP) is 2.27. The maximum absolute atomic E-state index is 12.8. The third kappa shape index (κ3) is 4.32. The van der Waals surface area contributed by atoms with E-state index in [-0.39, 0.29) is 19.5 Å². The van der Waals surface area contributed by atoms with Gasteiger partial charge in [-0.25, -0.2) is 0 Å². The van der Waals surface area contributed by atoms with Crippen molar-refractivity contribution in [1.82, 2.24) is 4.90 Å². The van der Waals surface area contributed by atoms with Gasteiger partial charge in [-0.1, -0.05) is 0 Å². The molecule has 0 radical (unpaired) electrons. The van der Waals surface area contributed by atoms with Crippen LogP contribution in [0.15, 0.2) is 0 Å². The summed E-state index contributed by atoms with van der Waals surface area (Å²) in [6.45, 7) is 0.720. The number of β-amino-alcohol motifs (C(OH)–C–C–N with tert-alkyl or cyclic N) is 1. The number of aliphatic hydroxyl groups is 1. The Morgan fingerprint density at radius 2 is 1.86 bits per heavy atom. The van der Waals surface area contributed by atoms with Gasteiger partial charge in [-0.3, -0.25) is 9.69 Å². The second-order valence-electron chi connectivity index (χ2n) is 6.45. The van der Waals surface area contributed by atoms with Crippen LogP contribution >= 0.6 is 0 Å². The minimum absolute atomic E-state index is 0.0613. The first-order chi connectivity index (χ1) is 9.70. The maximum Gasteiger partial charge on any atom is 0.393 e. The summed E-state index contributed by atoms with van der Waals surface area (Å²) in [6.07, 6.45) is -2.07. The summed E-state index contributed by atoms with van der Waals surface area (Å²) in [5.74, 6) is -2.60. The summed E-state index contributed by atoms with van der Waals surface area (Å²) in [5.41, 5.74) is -1.04. The molecule has 0 aromatic heterocycles. The number of aliphatic carboxylic acids is 1. The zero-order chi connectivity index (χ0) is 15.7. The number of alkyl halides is 3. The van der Waals surface area contributed by atoms with Gasteiger partial charge in [-0.2, -0.15) is 13.2 Å². The molecule has 2 N–H and O–H groups in total. The Labute approximate surface area is 121 Å². The molecule has 2 rings (SSSR count). The minimum Gasteiger partial charge on any atom is -0.481 e. The summed E-state index contributed by atoms with van der Waals surface area (Å²) in [4.78, 5) is 12.6. The molecule has 1 aliphatic carbocycles. The highest BCUT2D eigenvalue weighted by atomic mass is 19.4. The SMILES string of the molecule is O=C(O)C1CCC(O)(CN2CCCC(C(F)(F)F)C2)CC1. The molecule has 2 aliphatic rings. The third-order valence-corrected chi connectivity index (χ3v) is 4.75. The van der Waals surface area contributed by atoms with Crippen LogP contribution in [0.4, 0.5) is 13.2 Å². The van der Waals surface area contributed by atoms with E-state index in [1.54, 1.807) is 4.90 Å². The van der Waals surface area contributed by atoms with Crippen molar-refractivity contribution in [3.63, 3.8) is 0 Å². The van der Waals surface area contributed by atoms with Crippen molar-refractivity contribution in [3.8, 4) is 0 Å². The summed E-state index contributed by atoms with van der Waals surface area (Å²) < 4.78 is 38.3. The average Bonchev–Trinajstić information content (AvgIpc) is 2.38.